The van der Waals surface area contributed by atoms with Gasteiger partial charge in [-0.15, -0.1) is 0 Å². The predicted molar refractivity (Wildman–Crippen MR) is 107 cm³/mol. The summed E-state index contributed by atoms with van der Waals surface area (Å²) in [6.07, 6.45) is 2.52. The molecule has 27 heavy (non-hydrogen) atoms. The van der Waals surface area contributed by atoms with Crippen LogP contribution in [0.5, 0.6) is 5.75 Å². The molecule has 5 nitrogen and oxygen atoms in total. The van der Waals surface area contributed by atoms with Crippen LogP contribution < -0.4 is 15.4 Å². The number of halogens is 1. The van der Waals surface area contributed by atoms with Crippen molar-refractivity contribution < 1.29 is 9.53 Å². The maximum Gasteiger partial charge on any atom is 0.319 e. The van der Waals surface area contributed by atoms with Gasteiger partial charge in [0.1, 0.15) is 5.75 Å². The van der Waals surface area contributed by atoms with Crippen LogP contribution in [-0.2, 0) is 13.0 Å². The molecule has 1 heterocycles. The number of rotatable bonds is 7. The minimum Gasteiger partial charge on any atom is -0.493 e. The molecule has 0 radical (unpaired) electrons. The Kier molecular flexibility index (Phi) is 6.66. The Bertz CT molecular complexity index is 853. The third kappa shape index (κ3) is 6.31. The average molecular weight is 382 g/mol. The lowest BCUT2D eigenvalue weighted by Crippen LogP contribution is -2.28. The number of anilines is 1. The van der Waals surface area contributed by atoms with E-state index in [1.807, 2.05) is 42.5 Å². The molecule has 0 unspecified atom stereocenters. The van der Waals surface area contributed by atoms with E-state index in [0.717, 1.165) is 23.4 Å². The van der Waals surface area contributed by atoms with E-state index in [-0.39, 0.29) is 6.03 Å². The molecule has 0 atom stereocenters. The van der Waals surface area contributed by atoms with E-state index in [2.05, 4.69) is 15.6 Å². The first-order valence-electron chi connectivity index (χ1n) is 8.61. The Balaban J connectivity index is 1.41. The number of pyridine rings is 1. The zero-order valence-corrected chi connectivity index (χ0v) is 15.4. The second kappa shape index (κ2) is 9.59. The average Bonchev–Trinajstić information content (AvgIpc) is 2.70. The SMILES string of the molecule is O=C(NCc1ccc(Cl)cc1)Nc1ccc(OCCc2ccccn2)cc1. The van der Waals surface area contributed by atoms with Crippen LogP contribution in [0.25, 0.3) is 0 Å². The summed E-state index contributed by atoms with van der Waals surface area (Å²) in [6.45, 7) is 0.975. The van der Waals surface area contributed by atoms with Crippen LogP contribution in [0.4, 0.5) is 10.5 Å². The molecule has 3 rings (SSSR count). The zero-order valence-electron chi connectivity index (χ0n) is 14.7. The maximum atomic E-state index is 12.0. The number of hydrogen-bond donors (Lipinski definition) is 2. The first-order valence-corrected chi connectivity index (χ1v) is 8.99. The number of nitrogens with zero attached hydrogens (tertiary/aromatic N) is 1. The fraction of sp³-hybridized carbons (Fsp3) is 0.143. The third-order valence-corrected chi connectivity index (χ3v) is 4.08. The third-order valence-electron chi connectivity index (χ3n) is 3.83. The monoisotopic (exact) mass is 381 g/mol. The molecule has 3 aromatic rings. The van der Waals surface area contributed by atoms with Crippen molar-refractivity contribution >= 4 is 23.3 Å². The molecule has 0 aliphatic heterocycles. The smallest absolute Gasteiger partial charge is 0.319 e. The fourth-order valence-corrected chi connectivity index (χ4v) is 2.54. The highest BCUT2D eigenvalue weighted by Gasteiger charge is 2.03. The summed E-state index contributed by atoms with van der Waals surface area (Å²) in [5, 5.41) is 6.27. The molecule has 0 saturated carbocycles. The van der Waals surface area contributed by atoms with Crippen molar-refractivity contribution in [2.45, 2.75) is 13.0 Å². The number of hydrogen-bond acceptors (Lipinski definition) is 3. The molecule has 2 amide bonds. The topological polar surface area (TPSA) is 63.2 Å². The minimum absolute atomic E-state index is 0.270. The highest BCUT2D eigenvalue weighted by atomic mass is 35.5. The second-order valence-corrected chi connectivity index (χ2v) is 6.31. The van der Waals surface area contributed by atoms with E-state index in [0.29, 0.717) is 23.9 Å². The van der Waals surface area contributed by atoms with Gasteiger partial charge in [-0.1, -0.05) is 29.8 Å². The van der Waals surface area contributed by atoms with Crippen molar-refractivity contribution in [2.75, 3.05) is 11.9 Å². The highest BCUT2D eigenvalue weighted by molar-refractivity contribution is 6.30. The molecule has 0 bridgehead atoms. The normalized spacial score (nSPS) is 10.3. The number of urea groups is 1. The molecule has 0 aliphatic rings. The molecular formula is C21H20ClN3O2. The van der Waals surface area contributed by atoms with Gasteiger partial charge >= 0.3 is 6.03 Å². The van der Waals surface area contributed by atoms with E-state index in [1.54, 1.807) is 30.5 Å². The summed E-state index contributed by atoms with van der Waals surface area (Å²) in [5.74, 6) is 0.748. The number of carbonyl (C=O) groups is 1. The fourth-order valence-electron chi connectivity index (χ4n) is 2.41. The first-order chi connectivity index (χ1) is 13.2. The van der Waals surface area contributed by atoms with Crippen molar-refractivity contribution in [3.63, 3.8) is 0 Å². The molecule has 0 fully saturated rings. The number of amides is 2. The van der Waals surface area contributed by atoms with Gasteiger partial charge in [0.05, 0.1) is 6.61 Å². The van der Waals surface area contributed by atoms with E-state index in [9.17, 15) is 4.79 Å². The van der Waals surface area contributed by atoms with Crippen molar-refractivity contribution in [3.8, 4) is 5.75 Å². The van der Waals surface area contributed by atoms with Crippen LogP contribution in [0, 0.1) is 0 Å². The van der Waals surface area contributed by atoms with Crippen LogP contribution in [0.2, 0.25) is 5.02 Å². The minimum atomic E-state index is -0.270. The van der Waals surface area contributed by atoms with E-state index in [1.165, 1.54) is 0 Å². The molecule has 1 aromatic heterocycles. The molecular weight excluding hydrogens is 362 g/mol. The van der Waals surface area contributed by atoms with Gasteiger partial charge in [-0.25, -0.2) is 4.79 Å². The van der Waals surface area contributed by atoms with E-state index >= 15 is 0 Å². The van der Waals surface area contributed by atoms with Crippen LogP contribution in [0.3, 0.4) is 0 Å². The molecule has 2 aromatic carbocycles. The van der Waals surface area contributed by atoms with Crippen molar-refractivity contribution in [1.29, 1.82) is 0 Å². The van der Waals surface area contributed by atoms with Gasteiger partial charge in [-0.05, 0) is 54.1 Å². The van der Waals surface area contributed by atoms with E-state index in [4.69, 9.17) is 16.3 Å². The van der Waals surface area contributed by atoms with Crippen molar-refractivity contribution in [1.82, 2.24) is 10.3 Å². The molecule has 0 saturated heterocycles. The number of benzene rings is 2. The quantitative estimate of drug-likeness (QED) is 0.624. The molecule has 2 N–H and O–H groups in total. The molecule has 6 heteroatoms. The first kappa shape index (κ1) is 18.7. The van der Waals surface area contributed by atoms with Gasteiger partial charge in [-0.3, -0.25) is 4.98 Å². The standard InChI is InChI=1S/C21H20ClN3O2/c22-17-6-4-16(5-7-17)15-24-21(26)25-19-8-10-20(11-9-19)27-14-12-18-3-1-2-13-23-18/h1-11,13H,12,14-15H2,(H2,24,25,26). The Morgan fingerprint density at radius 1 is 1.00 bits per heavy atom. The summed E-state index contributed by atoms with van der Waals surface area (Å²) in [7, 11) is 0. The van der Waals surface area contributed by atoms with Crippen LogP contribution in [0.1, 0.15) is 11.3 Å². The van der Waals surface area contributed by atoms with Crippen molar-refractivity contribution in [2.24, 2.45) is 0 Å². The number of aromatic nitrogens is 1. The van der Waals surface area contributed by atoms with Crippen molar-refractivity contribution in [3.05, 3.63) is 89.2 Å². The lowest BCUT2D eigenvalue weighted by Gasteiger charge is -2.09. The van der Waals surface area contributed by atoms with Crippen LogP contribution >= 0.6 is 11.6 Å². The summed E-state index contributed by atoms with van der Waals surface area (Å²) in [6, 6.07) is 20.2. The summed E-state index contributed by atoms with van der Waals surface area (Å²) in [4.78, 5) is 16.2. The Morgan fingerprint density at radius 3 is 2.48 bits per heavy atom. The summed E-state index contributed by atoms with van der Waals surface area (Å²) in [5.41, 5.74) is 2.67. The number of carbonyl (C=O) groups excluding carboxylic acids is 1. The summed E-state index contributed by atoms with van der Waals surface area (Å²) < 4.78 is 5.71. The largest absolute Gasteiger partial charge is 0.493 e. The van der Waals surface area contributed by atoms with Gasteiger partial charge in [0.2, 0.25) is 0 Å². The highest BCUT2D eigenvalue weighted by Crippen LogP contribution is 2.16. The summed E-state index contributed by atoms with van der Waals surface area (Å²) >= 11 is 5.84. The number of ether oxygens (including phenoxy) is 1. The molecule has 0 spiro atoms. The predicted octanol–water partition coefficient (Wildman–Crippen LogP) is 4.68. The lowest BCUT2D eigenvalue weighted by molar-refractivity contribution is 0.251. The Morgan fingerprint density at radius 2 is 1.78 bits per heavy atom. The van der Waals surface area contributed by atoms with Crippen LogP contribution in [-0.4, -0.2) is 17.6 Å². The van der Waals surface area contributed by atoms with E-state index < -0.39 is 0 Å². The molecule has 138 valence electrons. The Labute approximate surface area is 163 Å². The zero-order chi connectivity index (χ0) is 18.9. The second-order valence-electron chi connectivity index (χ2n) is 5.88. The van der Waals surface area contributed by atoms with Gasteiger partial charge in [-0.2, -0.15) is 0 Å². The number of nitrogens with one attached hydrogen (secondary N) is 2. The van der Waals surface area contributed by atoms with Gasteiger partial charge in [0.15, 0.2) is 0 Å². The van der Waals surface area contributed by atoms with Gasteiger partial charge < -0.3 is 15.4 Å². The molecule has 0 aliphatic carbocycles. The van der Waals surface area contributed by atoms with Gasteiger partial charge in [0, 0.05) is 35.6 Å². The Hall–Kier alpha value is -3.05. The van der Waals surface area contributed by atoms with Crippen LogP contribution in [0.15, 0.2) is 72.9 Å². The van der Waals surface area contributed by atoms with Gasteiger partial charge in [0.25, 0.3) is 0 Å². The lowest BCUT2D eigenvalue weighted by atomic mass is 10.2. The maximum absolute atomic E-state index is 12.0.